The van der Waals surface area contributed by atoms with E-state index in [1.54, 1.807) is 52.0 Å². The molecule has 1 aromatic carbocycles. The fourth-order valence-electron chi connectivity index (χ4n) is 2.32. The predicted octanol–water partition coefficient (Wildman–Crippen LogP) is 3.04. The van der Waals surface area contributed by atoms with Gasteiger partial charge in [0.1, 0.15) is 11.5 Å². The van der Waals surface area contributed by atoms with Gasteiger partial charge in [-0.15, -0.1) is 0 Å². The van der Waals surface area contributed by atoms with E-state index in [0.717, 1.165) is 0 Å². The molecular formula is C15H22N2O4. The van der Waals surface area contributed by atoms with E-state index < -0.39 is 17.7 Å². The zero-order valence-corrected chi connectivity index (χ0v) is 13.0. The summed E-state index contributed by atoms with van der Waals surface area (Å²) in [5.74, 6) is 0.610. The summed E-state index contributed by atoms with van der Waals surface area (Å²) in [4.78, 5) is 12.8. The van der Waals surface area contributed by atoms with Crippen LogP contribution >= 0.6 is 0 Å². The number of methoxy groups -OCH3 is 1. The smallest absolute Gasteiger partial charge is 0.408 e. The Balaban J connectivity index is 3.22. The van der Waals surface area contributed by atoms with Gasteiger partial charge in [0.25, 0.3) is 0 Å². The van der Waals surface area contributed by atoms with Crippen LogP contribution in [0.5, 0.6) is 5.75 Å². The van der Waals surface area contributed by atoms with Crippen molar-refractivity contribution >= 4 is 11.8 Å². The minimum Gasteiger partial charge on any atom is -0.497 e. The Hall–Kier alpha value is -2.24. The van der Waals surface area contributed by atoms with Crippen LogP contribution in [-0.4, -0.2) is 45.7 Å². The van der Waals surface area contributed by atoms with E-state index in [1.807, 2.05) is 0 Å². The summed E-state index contributed by atoms with van der Waals surface area (Å²) < 4.78 is 5.14. The van der Waals surface area contributed by atoms with Crippen molar-refractivity contribution < 1.29 is 19.8 Å². The van der Waals surface area contributed by atoms with Crippen LogP contribution in [0.4, 0.5) is 4.79 Å². The Morgan fingerprint density at radius 2 is 2.00 bits per heavy atom. The third-order valence-corrected chi connectivity index (χ3v) is 3.19. The molecular weight excluding hydrogens is 272 g/mol. The molecule has 0 fully saturated rings. The minimum absolute atomic E-state index is 0.270. The van der Waals surface area contributed by atoms with Crippen molar-refractivity contribution in [1.82, 2.24) is 4.90 Å². The molecule has 21 heavy (non-hydrogen) atoms. The van der Waals surface area contributed by atoms with Gasteiger partial charge in [-0.05, 0) is 39.8 Å². The van der Waals surface area contributed by atoms with Gasteiger partial charge >= 0.3 is 6.09 Å². The molecule has 2 N–H and O–H groups in total. The van der Waals surface area contributed by atoms with Crippen LogP contribution in [0.15, 0.2) is 29.4 Å². The maximum Gasteiger partial charge on any atom is 0.408 e. The largest absolute Gasteiger partial charge is 0.497 e. The van der Waals surface area contributed by atoms with Gasteiger partial charge < -0.3 is 15.1 Å². The average molecular weight is 294 g/mol. The van der Waals surface area contributed by atoms with Crippen LogP contribution in [0.3, 0.4) is 0 Å². The molecule has 0 saturated carbocycles. The summed E-state index contributed by atoms with van der Waals surface area (Å²) in [6.07, 6.45) is -1.07. The number of rotatable bonds is 4. The predicted molar refractivity (Wildman–Crippen MR) is 80.4 cm³/mol. The Morgan fingerprint density at radius 1 is 1.38 bits per heavy atom. The summed E-state index contributed by atoms with van der Waals surface area (Å²) >= 11 is 0. The Bertz CT molecular complexity index is 535. The lowest BCUT2D eigenvalue weighted by molar-refractivity contribution is 0.0914. The highest BCUT2D eigenvalue weighted by atomic mass is 16.5. The Kier molecular flexibility index (Phi) is 5.18. The quantitative estimate of drug-likeness (QED) is 0.508. The van der Waals surface area contributed by atoms with Gasteiger partial charge in [0.2, 0.25) is 0 Å². The molecule has 0 heterocycles. The molecule has 0 aliphatic carbocycles. The lowest BCUT2D eigenvalue weighted by atomic mass is 9.98. The molecule has 6 heteroatoms. The van der Waals surface area contributed by atoms with Crippen molar-refractivity contribution in [3.63, 3.8) is 0 Å². The zero-order valence-electron chi connectivity index (χ0n) is 13.0. The van der Waals surface area contributed by atoms with Crippen LogP contribution in [0.2, 0.25) is 0 Å². The summed E-state index contributed by atoms with van der Waals surface area (Å²) in [7, 11) is 1.54. The first-order valence-corrected chi connectivity index (χ1v) is 6.61. The highest BCUT2D eigenvalue weighted by Crippen LogP contribution is 2.22. The summed E-state index contributed by atoms with van der Waals surface area (Å²) in [6, 6.07) is 6.36. The number of amides is 1. The monoisotopic (exact) mass is 294 g/mol. The first-order valence-electron chi connectivity index (χ1n) is 6.61. The number of hydrogen-bond donors (Lipinski definition) is 2. The standard InChI is InChI=1S/C15H22N2O4/c1-10(17(14(18)19)15(2,3)4)13(16-20)11-7-6-8-12(9-11)21-5/h6-10,20H,1-5H3,(H,18,19)/t10-/m1/s1. The second kappa shape index (κ2) is 6.47. The number of hydrogen-bond acceptors (Lipinski definition) is 4. The summed E-state index contributed by atoms with van der Waals surface area (Å²) in [5, 5.41) is 22.1. The van der Waals surface area contributed by atoms with E-state index in [-0.39, 0.29) is 5.71 Å². The molecule has 1 aromatic rings. The molecule has 0 aliphatic rings. The van der Waals surface area contributed by atoms with Crippen molar-refractivity contribution in [1.29, 1.82) is 0 Å². The third-order valence-electron chi connectivity index (χ3n) is 3.19. The lowest BCUT2D eigenvalue weighted by Gasteiger charge is -2.38. The van der Waals surface area contributed by atoms with Crippen LogP contribution < -0.4 is 4.74 Å². The number of nitrogens with zero attached hydrogens (tertiary/aromatic N) is 2. The second-order valence-electron chi connectivity index (χ2n) is 5.72. The molecule has 0 aliphatic heterocycles. The molecule has 116 valence electrons. The van der Waals surface area contributed by atoms with E-state index >= 15 is 0 Å². The first-order chi connectivity index (χ1) is 9.72. The molecule has 6 nitrogen and oxygen atoms in total. The van der Waals surface area contributed by atoms with Crippen molar-refractivity contribution in [2.75, 3.05) is 7.11 Å². The maximum absolute atomic E-state index is 11.5. The van der Waals surface area contributed by atoms with Crippen molar-refractivity contribution in [2.45, 2.75) is 39.3 Å². The highest BCUT2D eigenvalue weighted by Gasteiger charge is 2.34. The minimum atomic E-state index is -1.07. The van der Waals surface area contributed by atoms with Crippen molar-refractivity contribution in [3.8, 4) is 5.75 Å². The SMILES string of the molecule is COc1cccc(C(=NO)[C@@H](C)N(C(=O)O)C(C)(C)C)c1. The number of oxime groups is 1. The number of carbonyl (C=O) groups is 1. The average Bonchev–Trinajstić information content (AvgIpc) is 2.37. The van der Waals surface area contributed by atoms with Crippen LogP contribution in [-0.2, 0) is 0 Å². The van der Waals surface area contributed by atoms with Gasteiger partial charge in [-0.3, -0.25) is 4.90 Å². The van der Waals surface area contributed by atoms with Gasteiger partial charge in [-0.25, -0.2) is 4.79 Å². The molecule has 1 amide bonds. The van der Waals surface area contributed by atoms with Crippen LogP contribution in [0.25, 0.3) is 0 Å². The Labute approximate surface area is 124 Å². The fraction of sp³-hybridized carbons (Fsp3) is 0.467. The third kappa shape index (κ3) is 3.87. The number of carboxylic acid groups (broad SMARTS) is 1. The van der Waals surface area contributed by atoms with Crippen LogP contribution in [0.1, 0.15) is 33.3 Å². The van der Waals surface area contributed by atoms with E-state index in [0.29, 0.717) is 11.3 Å². The normalized spacial score (nSPS) is 13.7. The van der Waals surface area contributed by atoms with Gasteiger partial charge in [0.05, 0.1) is 13.2 Å². The molecule has 0 aromatic heterocycles. The second-order valence-corrected chi connectivity index (χ2v) is 5.72. The van der Waals surface area contributed by atoms with E-state index in [9.17, 15) is 15.1 Å². The molecule has 0 radical (unpaired) electrons. The topological polar surface area (TPSA) is 82.4 Å². The van der Waals surface area contributed by atoms with Gasteiger partial charge in [0, 0.05) is 11.1 Å². The highest BCUT2D eigenvalue weighted by molar-refractivity contribution is 6.05. The molecule has 1 atom stereocenters. The lowest BCUT2D eigenvalue weighted by Crippen LogP contribution is -2.53. The number of ether oxygens (including phenoxy) is 1. The molecule has 1 rings (SSSR count). The molecule has 0 spiro atoms. The van der Waals surface area contributed by atoms with E-state index in [1.165, 1.54) is 12.0 Å². The van der Waals surface area contributed by atoms with Gasteiger partial charge in [-0.1, -0.05) is 17.3 Å². The number of benzene rings is 1. The van der Waals surface area contributed by atoms with Crippen molar-refractivity contribution in [2.24, 2.45) is 5.16 Å². The summed E-state index contributed by atoms with van der Waals surface area (Å²) in [5.41, 5.74) is 0.256. The van der Waals surface area contributed by atoms with Gasteiger partial charge in [0.15, 0.2) is 0 Å². The fourth-order valence-corrected chi connectivity index (χ4v) is 2.32. The van der Waals surface area contributed by atoms with Crippen molar-refractivity contribution in [3.05, 3.63) is 29.8 Å². The van der Waals surface area contributed by atoms with Crippen LogP contribution in [0, 0.1) is 0 Å². The zero-order chi connectivity index (χ0) is 16.2. The first kappa shape index (κ1) is 16.8. The van der Waals surface area contributed by atoms with E-state index in [4.69, 9.17) is 4.74 Å². The molecule has 0 saturated heterocycles. The Morgan fingerprint density at radius 3 is 2.43 bits per heavy atom. The van der Waals surface area contributed by atoms with E-state index in [2.05, 4.69) is 5.16 Å². The maximum atomic E-state index is 11.5. The molecule has 0 bridgehead atoms. The molecule has 0 unspecified atom stereocenters. The van der Waals surface area contributed by atoms with Gasteiger partial charge in [-0.2, -0.15) is 0 Å². The summed E-state index contributed by atoms with van der Waals surface area (Å²) in [6.45, 7) is 7.06.